The van der Waals surface area contributed by atoms with Gasteiger partial charge in [0, 0.05) is 42.0 Å². The first-order valence-corrected chi connectivity index (χ1v) is 13.1. The first-order chi connectivity index (χ1) is 17.3. The molecule has 0 spiro atoms. The summed E-state index contributed by atoms with van der Waals surface area (Å²) in [7, 11) is 1.61. The molecule has 1 aromatic carbocycles. The van der Waals surface area contributed by atoms with E-state index in [1.807, 2.05) is 18.2 Å². The molecule has 0 amide bonds. The number of nitrogens with zero attached hydrogens (tertiary/aromatic N) is 2. The van der Waals surface area contributed by atoms with E-state index in [-0.39, 0.29) is 30.1 Å². The fraction of sp³-hybridized carbons (Fsp3) is 0.407. The number of fused-ring (bicyclic) bond motifs is 1. The van der Waals surface area contributed by atoms with Crippen molar-refractivity contribution in [3.63, 3.8) is 0 Å². The monoisotopic (exact) mass is 529 g/mol. The zero-order valence-corrected chi connectivity index (χ0v) is 21.6. The number of hydrogen-bond donors (Lipinski definition) is 2. The summed E-state index contributed by atoms with van der Waals surface area (Å²) in [5.41, 5.74) is 8.28. The van der Waals surface area contributed by atoms with Crippen molar-refractivity contribution < 1.29 is 19.0 Å². The third-order valence-electron chi connectivity index (χ3n) is 6.78. The number of aliphatic carboxylic acids is 1. The van der Waals surface area contributed by atoms with Gasteiger partial charge in [0.15, 0.2) is 0 Å². The van der Waals surface area contributed by atoms with Crippen LogP contribution < -0.4 is 10.5 Å². The molecule has 3 heterocycles. The number of carbonyl (C=O) groups is 1. The average Bonchev–Trinajstić information content (AvgIpc) is 3.27. The van der Waals surface area contributed by atoms with E-state index in [1.165, 1.54) is 22.8 Å². The maximum absolute atomic E-state index is 13.1. The van der Waals surface area contributed by atoms with Crippen LogP contribution in [0.2, 0.25) is 5.02 Å². The molecule has 0 radical (unpaired) electrons. The SMILES string of the molecule is COc1ccc2ncc(Cl)c([C@H](N)CCC3CCN(CC#Cc4cc(F)cs4)CC3CC(=O)O)c2c1. The highest BCUT2D eigenvalue weighted by molar-refractivity contribution is 7.10. The molecule has 4 rings (SSSR count). The smallest absolute Gasteiger partial charge is 0.303 e. The highest BCUT2D eigenvalue weighted by Gasteiger charge is 2.31. The van der Waals surface area contributed by atoms with Gasteiger partial charge in [-0.2, -0.15) is 0 Å². The molecule has 3 atom stereocenters. The van der Waals surface area contributed by atoms with Gasteiger partial charge in [-0.25, -0.2) is 4.39 Å². The van der Waals surface area contributed by atoms with Crippen LogP contribution in [0.1, 0.15) is 42.2 Å². The number of hydrogen-bond acceptors (Lipinski definition) is 6. The largest absolute Gasteiger partial charge is 0.497 e. The Bertz CT molecular complexity index is 1290. The zero-order chi connectivity index (χ0) is 25.7. The molecule has 6 nitrogen and oxygen atoms in total. The van der Waals surface area contributed by atoms with E-state index in [9.17, 15) is 14.3 Å². The normalized spacial score (nSPS) is 19.0. The number of carboxylic acid groups (broad SMARTS) is 1. The number of rotatable bonds is 8. The number of carboxylic acids is 1. The van der Waals surface area contributed by atoms with E-state index in [1.54, 1.807) is 13.3 Å². The Balaban J connectivity index is 1.42. The summed E-state index contributed by atoms with van der Waals surface area (Å²) in [4.78, 5) is 18.9. The number of likely N-dealkylation sites (tertiary alicyclic amines) is 1. The molecule has 36 heavy (non-hydrogen) atoms. The average molecular weight is 530 g/mol. The van der Waals surface area contributed by atoms with Crippen LogP contribution in [0, 0.1) is 29.5 Å². The van der Waals surface area contributed by atoms with E-state index >= 15 is 0 Å². The molecule has 1 saturated heterocycles. The van der Waals surface area contributed by atoms with Crippen molar-refractivity contribution >= 4 is 39.8 Å². The van der Waals surface area contributed by atoms with Crippen LogP contribution in [0.15, 0.2) is 35.8 Å². The van der Waals surface area contributed by atoms with Gasteiger partial charge in [-0.15, -0.1) is 11.3 Å². The van der Waals surface area contributed by atoms with Crippen LogP contribution in [0.25, 0.3) is 10.9 Å². The highest BCUT2D eigenvalue weighted by Crippen LogP contribution is 2.36. The van der Waals surface area contributed by atoms with Gasteiger partial charge in [0.05, 0.1) is 29.1 Å². The van der Waals surface area contributed by atoms with Crippen molar-refractivity contribution in [2.45, 2.75) is 31.7 Å². The second-order valence-electron chi connectivity index (χ2n) is 9.16. The molecule has 1 aliphatic rings. The minimum atomic E-state index is -0.799. The molecule has 3 N–H and O–H groups in total. The van der Waals surface area contributed by atoms with Crippen molar-refractivity contribution in [2.24, 2.45) is 17.6 Å². The fourth-order valence-electron chi connectivity index (χ4n) is 4.96. The first-order valence-electron chi connectivity index (χ1n) is 11.9. The summed E-state index contributed by atoms with van der Waals surface area (Å²) in [6.07, 6.45) is 4.09. The van der Waals surface area contributed by atoms with E-state index in [4.69, 9.17) is 22.1 Å². The number of halogens is 2. The molecule has 0 saturated carbocycles. The number of thiophene rings is 1. The molecule has 1 fully saturated rings. The van der Waals surface area contributed by atoms with Crippen LogP contribution in [-0.4, -0.2) is 47.7 Å². The van der Waals surface area contributed by atoms with Crippen molar-refractivity contribution in [2.75, 3.05) is 26.7 Å². The highest BCUT2D eigenvalue weighted by atomic mass is 35.5. The standard InChI is InChI=1S/C27H29ClFN3O3S/c1-35-20-5-7-25-22(13-20)27(23(28)14-31-25)24(30)6-4-17-8-10-32(15-18(17)11-26(33)34)9-2-3-21-12-19(29)16-36-21/h5,7,12-14,16-18,24H,4,6,8-11,15,30H2,1H3,(H,33,34)/t17?,18?,24-/m1/s1. The quantitative estimate of drug-likeness (QED) is 0.383. The number of piperidine rings is 1. The number of aromatic nitrogens is 1. The Morgan fingerprint density at radius 3 is 2.97 bits per heavy atom. The number of benzene rings is 1. The van der Waals surface area contributed by atoms with E-state index < -0.39 is 5.97 Å². The summed E-state index contributed by atoms with van der Waals surface area (Å²) in [6.45, 7) is 2.03. The lowest BCUT2D eigenvalue weighted by Gasteiger charge is -2.37. The molecular weight excluding hydrogens is 501 g/mol. The minimum Gasteiger partial charge on any atom is -0.497 e. The van der Waals surface area contributed by atoms with Gasteiger partial charge in [0.2, 0.25) is 0 Å². The Morgan fingerprint density at radius 2 is 2.25 bits per heavy atom. The molecule has 3 aromatic rings. The maximum Gasteiger partial charge on any atom is 0.303 e. The zero-order valence-electron chi connectivity index (χ0n) is 20.0. The lowest BCUT2D eigenvalue weighted by Crippen LogP contribution is -2.41. The maximum atomic E-state index is 13.1. The molecule has 2 aromatic heterocycles. The predicted octanol–water partition coefficient (Wildman–Crippen LogP) is 5.34. The van der Waals surface area contributed by atoms with Crippen molar-refractivity contribution in [1.82, 2.24) is 9.88 Å². The lowest BCUT2D eigenvalue weighted by atomic mass is 9.79. The van der Waals surface area contributed by atoms with Crippen LogP contribution in [-0.2, 0) is 4.79 Å². The van der Waals surface area contributed by atoms with Crippen molar-refractivity contribution in [3.05, 3.63) is 57.1 Å². The van der Waals surface area contributed by atoms with Crippen LogP contribution in [0.3, 0.4) is 0 Å². The van der Waals surface area contributed by atoms with Crippen LogP contribution in [0.5, 0.6) is 5.75 Å². The Hall–Kier alpha value is -2.70. The van der Waals surface area contributed by atoms with E-state index in [2.05, 4.69) is 21.7 Å². The lowest BCUT2D eigenvalue weighted by molar-refractivity contribution is -0.139. The minimum absolute atomic E-state index is 0.00850. The summed E-state index contributed by atoms with van der Waals surface area (Å²) in [6, 6.07) is 6.76. The molecule has 0 aliphatic carbocycles. The molecule has 2 unspecified atom stereocenters. The number of methoxy groups -OCH3 is 1. The summed E-state index contributed by atoms with van der Waals surface area (Å²) in [5.74, 6) is 5.98. The molecule has 190 valence electrons. The van der Waals surface area contributed by atoms with Gasteiger partial charge < -0.3 is 15.6 Å². The number of ether oxygens (including phenoxy) is 1. The Labute approximate surface area is 219 Å². The Morgan fingerprint density at radius 1 is 1.42 bits per heavy atom. The third kappa shape index (κ3) is 6.54. The number of nitrogens with two attached hydrogens (primary N) is 1. The summed E-state index contributed by atoms with van der Waals surface area (Å²) < 4.78 is 18.5. The van der Waals surface area contributed by atoms with Gasteiger partial charge in [-0.1, -0.05) is 23.4 Å². The van der Waals surface area contributed by atoms with Gasteiger partial charge in [0.25, 0.3) is 0 Å². The van der Waals surface area contributed by atoms with Crippen molar-refractivity contribution in [3.8, 4) is 17.6 Å². The predicted molar refractivity (Wildman–Crippen MR) is 141 cm³/mol. The second-order valence-corrected chi connectivity index (χ2v) is 10.5. The fourth-order valence-corrected chi connectivity index (χ4v) is 5.87. The van der Waals surface area contributed by atoms with Gasteiger partial charge >= 0.3 is 5.97 Å². The Kier molecular flexibility index (Phi) is 8.81. The molecular formula is C27H29ClFN3O3S. The first kappa shape index (κ1) is 26.4. The van der Waals surface area contributed by atoms with Crippen LogP contribution in [0.4, 0.5) is 4.39 Å². The molecule has 0 bridgehead atoms. The summed E-state index contributed by atoms with van der Waals surface area (Å²) >= 11 is 7.80. The van der Waals surface area contributed by atoms with E-state index in [0.717, 1.165) is 35.9 Å². The van der Waals surface area contributed by atoms with Gasteiger partial charge in [0.1, 0.15) is 11.6 Å². The van der Waals surface area contributed by atoms with E-state index in [0.29, 0.717) is 35.2 Å². The number of pyridine rings is 1. The van der Waals surface area contributed by atoms with Gasteiger partial charge in [-0.3, -0.25) is 14.7 Å². The van der Waals surface area contributed by atoms with Gasteiger partial charge in [-0.05, 0) is 61.4 Å². The van der Waals surface area contributed by atoms with Crippen molar-refractivity contribution in [1.29, 1.82) is 0 Å². The summed E-state index contributed by atoms with van der Waals surface area (Å²) in [5, 5.41) is 12.3. The topological polar surface area (TPSA) is 88.7 Å². The van der Waals surface area contributed by atoms with Crippen LogP contribution >= 0.6 is 22.9 Å². The molecule has 1 aliphatic heterocycles. The molecule has 9 heteroatoms. The third-order valence-corrected chi connectivity index (χ3v) is 7.90. The second kappa shape index (κ2) is 12.0.